The number of nitrogens with one attached hydrogen (secondary N) is 1. The molecule has 0 aliphatic rings. The summed E-state index contributed by atoms with van der Waals surface area (Å²) in [5.41, 5.74) is 1.14. The largest absolute Gasteiger partial charge is 0.354 e. The van der Waals surface area contributed by atoms with E-state index in [4.69, 9.17) is 0 Å². The first-order chi connectivity index (χ1) is 11.4. The van der Waals surface area contributed by atoms with E-state index in [-0.39, 0.29) is 29.0 Å². The van der Waals surface area contributed by atoms with Gasteiger partial charge in [0, 0.05) is 13.0 Å². The molecule has 1 aromatic carbocycles. The molecule has 0 fully saturated rings. The first-order valence-corrected chi connectivity index (χ1v) is 10.2. The fourth-order valence-electron chi connectivity index (χ4n) is 2.33. The molecule has 1 heterocycles. The summed E-state index contributed by atoms with van der Waals surface area (Å²) in [6.07, 6.45) is -0.0407. The molecule has 7 heteroatoms. The Bertz CT molecular complexity index is 741. The lowest BCUT2D eigenvalue weighted by Crippen LogP contribution is -2.35. The lowest BCUT2D eigenvalue weighted by Gasteiger charge is -2.24. The Hall–Kier alpha value is -1.70. The molecule has 0 aliphatic carbocycles. The minimum Gasteiger partial charge on any atom is -0.354 e. The molecule has 0 spiro atoms. The molecule has 0 unspecified atom stereocenters. The van der Waals surface area contributed by atoms with E-state index in [1.807, 2.05) is 30.4 Å². The highest BCUT2D eigenvalue weighted by atomic mass is 32.2. The molecule has 130 valence electrons. The minimum atomic E-state index is -3.42. The number of benzene rings is 1. The number of nitrogens with zero attached hydrogens (tertiary/aromatic N) is 1. The Kier molecular flexibility index (Phi) is 6.53. The smallest absolute Gasteiger partial charge is 0.221 e. The van der Waals surface area contributed by atoms with Gasteiger partial charge in [0.25, 0.3) is 0 Å². The van der Waals surface area contributed by atoms with Crippen LogP contribution in [0.1, 0.15) is 18.0 Å². The maximum Gasteiger partial charge on any atom is 0.221 e. The van der Waals surface area contributed by atoms with E-state index < -0.39 is 9.84 Å². The number of rotatable bonds is 8. The summed E-state index contributed by atoms with van der Waals surface area (Å²) in [6.45, 7) is 0.452. The van der Waals surface area contributed by atoms with Gasteiger partial charge in [-0.15, -0.1) is 0 Å². The summed E-state index contributed by atoms with van der Waals surface area (Å²) in [5, 5.41) is 6.89. The number of sulfone groups is 1. The number of likely N-dealkylation sites (N-methyl/N-ethyl adjacent to an activating group) is 1. The molecular formula is C17H22N2O3S2. The first kappa shape index (κ1) is 18.6. The van der Waals surface area contributed by atoms with Crippen LogP contribution in [0.2, 0.25) is 0 Å². The second-order valence-electron chi connectivity index (χ2n) is 5.72. The van der Waals surface area contributed by atoms with Crippen molar-refractivity contribution in [3.05, 3.63) is 52.7 Å². The van der Waals surface area contributed by atoms with Crippen LogP contribution in [0, 0.1) is 0 Å². The van der Waals surface area contributed by atoms with Crippen molar-refractivity contribution < 1.29 is 13.2 Å². The zero-order valence-electron chi connectivity index (χ0n) is 13.8. The SMILES string of the molecule is CN(C)[C@H](CNC(=O)CCS(=O)(=O)c1ccccc1)c1ccsc1. The summed E-state index contributed by atoms with van der Waals surface area (Å²) >= 11 is 1.61. The third-order valence-electron chi connectivity index (χ3n) is 3.74. The lowest BCUT2D eigenvalue weighted by molar-refractivity contribution is -0.120. The maximum absolute atomic E-state index is 12.2. The van der Waals surface area contributed by atoms with E-state index in [0.29, 0.717) is 6.54 Å². The van der Waals surface area contributed by atoms with Crippen LogP contribution in [-0.2, 0) is 14.6 Å². The summed E-state index contributed by atoms with van der Waals surface area (Å²) in [5.74, 6) is -0.440. The number of amides is 1. The lowest BCUT2D eigenvalue weighted by atomic mass is 10.1. The summed E-state index contributed by atoms with van der Waals surface area (Å²) < 4.78 is 24.4. The highest BCUT2D eigenvalue weighted by Gasteiger charge is 2.18. The van der Waals surface area contributed by atoms with E-state index in [2.05, 4.69) is 10.7 Å². The molecular weight excluding hydrogens is 344 g/mol. The van der Waals surface area contributed by atoms with Gasteiger partial charge in [0.15, 0.2) is 9.84 Å². The van der Waals surface area contributed by atoms with Crippen LogP contribution in [0.15, 0.2) is 52.1 Å². The van der Waals surface area contributed by atoms with E-state index in [1.165, 1.54) is 0 Å². The Morgan fingerprint density at radius 1 is 1.21 bits per heavy atom. The van der Waals surface area contributed by atoms with Crippen LogP contribution < -0.4 is 5.32 Å². The molecule has 1 aromatic heterocycles. The number of hydrogen-bond donors (Lipinski definition) is 1. The van der Waals surface area contributed by atoms with Crippen LogP contribution in [0.3, 0.4) is 0 Å². The minimum absolute atomic E-state index is 0.0407. The fraction of sp³-hybridized carbons (Fsp3) is 0.353. The number of thiophene rings is 1. The van der Waals surface area contributed by atoms with Crippen molar-refractivity contribution in [1.82, 2.24) is 10.2 Å². The molecule has 0 bridgehead atoms. The summed E-state index contributed by atoms with van der Waals surface area (Å²) in [6, 6.07) is 10.3. The van der Waals surface area contributed by atoms with Gasteiger partial charge in [-0.3, -0.25) is 4.79 Å². The van der Waals surface area contributed by atoms with Crippen LogP contribution in [0.5, 0.6) is 0 Å². The topological polar surface area (TPSA) is 66.5 Å². The van der Waals surface area contributed by atoms with Crippen molar-refractivity contribution in [3.63, 3.8) is 0 Å². The van der Waals surface area contributed by atoms with Crippen LogP contribution in [0.25, 0.3) is 0 Å². The number of hydrogen-bond acceptors (Lipinski definition) is 5. The van der Waals surface area contributed by atoms with Crippen LogP contribution in [0.4, 0.5) is 0 Å². The van der Waals surface area contributed by atoms with Crippen molar-refractivity contribution in [3.8, 4) is 0 Å². The maximum atomic E-state index is 12.2. The molecule has 5 nitrogen and oxygen atoms in total. The van der Waals surface area contributed by atoms with Gasteiger partial charge in [-0.05, 0) is 48.6 Å². The highest BCUT2D eigenvalue weighted by Crippen LogP contribution is 2.20. The van der Waals surface area contributed by atoms with Gasteiger partial charge in [-0.1, -0.05) is 18.2 Å². The Morgan fingerprint density at radius 3 is 2.50 bits per heavy atom. The molecule has 1 N–H and O–H groups in total. The molecule has 0 aliphatic heterocycles. The van der Waals surface area contributed by atoms with E-state index in [9.17, 15) is 13.2 Å². The van der Waals surface area contributed by atoms with Gasteiger partial charge in [-0.25, -0.2) is 8.42 Å². The fourth-order valence-corrected chi connectivity index (χ4v) is 4.30. The second kappa shape index (κ2) is 8.41. The van der Waals surface area contributed by atoms with E-state index >= 15 is 0 Å². The number of carbonyl (C=O) groups is 1. The van der Waals surface area contributed by atoms with Gasteiger partial charge >= 0.3 is 0 Å². The zero-order valence-corrected chi connectivity index (χ0v) is 15.4. The number of carbonyl (C=O) groups excluding carboxylic acids is 1. The van der Waals surface area contributed by atoms with Crippen molar-refractivity contribution in [1.29, 1.82) is 0 Å². The Balaban J connectivity index is 1.87. The van der Waals surface area contributed by atoms with Gasteiger partial charge in [0.2, 0.25) is 5.91 Å². The Morgan fingerprint density at radius 2 is 1.92 bits per heavy atom. The van der Waals surface area contributed by atoms with Gasteiger partial charge in [0.05, 0.1) is 16.7 Å². The Labute approximate surface area is 147 Å². The summed E-state index contributed by atoms with van der Waals surface area (Å²) in [7, 11) is 0.482. The predicted molar refractivity (Wildman–Crippen MR) is 96.9 cm³/mol. The molecule has 2 aromatic rings. The average Bonchev–Trinajstić information content (AvgIpc) is 3.08. The van der Waals surface area contributed by atoms with Crippen LogP contribution in [-0.4, -0.2) is 45.6 Å². The van der Waals surface area contributed by atoms with Gasteiger partial charge in [0.1, 0.15) is 0 Å². The normalized spacial score (nSPS) is 13.0. The first-order valence-electron chi connectivity index (χ1n) is 7.63. The molecule has 1 atom stereocenters. The standard InChI is InChI=1S/C17H22N2O3S2/c1-19(2)16(14-8-10-23-13-14)12-18-17(20)9-11-24(21,22)15-6-4-3-5-7-15/h3-8,10,13,16H,9,11-12H2,1-2H3,(H,18,20)/t16-/m1/s1. The van der Waals surface area contributed by atoms with Crippen molar-refractivity contribution in [2.24, 2.45) is 0 Å². The van der Waals surface area contributed by atoms with E-state index in [0.717, 1.165) is 5.56 Å². The molecule has 0 saturated heterocycles. The van der Waals surface area contributed by atoms with Crippen molar-refractivity contribution >= 4 is 27.1 Å². The molecule has 0 radical (unpaired) electrons. The zero-order chi connectivity index (χ0) is 17.6. The van der Waals surface area contributed by atoms with Crippen LogP contribution >= 0.6 is 11.3 Å². The van der Waals surface area contributed by atoms with Crippen molar-refractivity contribution in [2.45, 2.75) is 17.4 Å². The quantitative estimate of drug-likeness (QED) is 0.779. The average molecular weight is 367 g/mol. The van der Waals surface area contributed by atoms with Crippen molar-refractivity contribution in [2.75, 3.05) is 26.4 Å². The van der Waals surface area contributed by atoms with E-state index in [1.54, 1.807) is 41.7 Å². The highest BCUT2D eigenvalue weighted by molar-refractivity contribution is 7.91. The monoisotopic (exact) mass is 366 g/mol. The predicted octanol–water partition coefficient (Wildman–Crippen LogP) is 2.33. The molecule has 0 saturated carbocycles. The second-order valence-corrected chi connectivity index (χ2v) is 8.61. The molecule has 1 amide bonds. The third kappa shape index (κ3) is 5.15. The summed E-state index contributed by atoms with van der Waals surface area (Å²) in [4.78, 5) is 14.3. The van der Waals surface area contributed by atoms with Gasteiger partial charge < -0.3 is 10.2 Å². The third-order valence-corrected chi connectivity index (χ3v) is 6.18. The molecule has 2 rings (SSSR count). The molecule has 24 heavy (non-hydrogen) atoms. The van der Waals surface area contributed by atoms with Gasteiger partial charge in [-0.2, -0.15) is 11.3 Å².